The predicted octanol–water partition coefficient (Wildman–Crippen LogP) is 3.05. The standard InChI is InChI=1S/C13H24O2/c1-11(2)7-8-12(14)13(15-3)9-5-4-6-10-13/h12,14H,1,4-10H2,2-3H3. The SMILES string of the molecule is C=C(C)CCC(O)C1(OC)CCCCC1. The number of allylic oxidation sites excluding steroid dienone is 1. The molecule has 0 aliphatic heterocycles. The second-order valence-corrected chi connectivity index (χ2v) is 4.84. The molecule has 0 aromatic heterocycles. The molecule has 1 rings (SSSR count). The van der Waals surface area contributed by atoms with E-state index in [2.05, 4.69) is 6.58 Å². The lowest BCUT2D eigenvalue weighted by Gasteiger charge is -2.40. The van der Waals surface area contributed by atoms with Gasteiger partial charge in [0.2, 0.25) is 0 Å². The summed E-state index contributed by atoms with van der Waals surface area (Å²) in [6.45, 7) is 5.88. The van der Waals surface area contributed by atoms with Crippen LogP contribution >= 0.6 is 0 Å². The van der Waals surface area contributed by atoms with E-state index in [-0.39, 0.29) is 11.7 Å². The summed E-state index contributed by atoms with van der Waals surface area (Å²) >= 11 is 0. The highest BCUT2D eigenvalue weighted by Crippen LogP contribution is 2.35. The number of aliphatic hydroxyl groups excluding tert-OH is 1. The third-order valence-electron chi connectivity index (χ3n) is 3.56. The Labute approximate surface area is 93.3 Å². The van der Waals surface area contributed by atoms with Crippen LogP contribution in [0.1, 0.15) is 51.9 Å². The normalized spacial score (nSPS) is 22.3. The highest BCUT2D eigenvalue weighted by Gasteiger charge is 2.38. The van der Waals surface area contributed by atoms with Crippen LogP contribution in [0.5, 0.6) is 0 Å². The van der Waals surface area contributed by atoms with Crippen LogP contribution in [0, 0.1) is 0 Å². The minimum absolute atomic E-state index is 0.270. The number of rotatable bonds is 5. The molecule has 0 radical (unpaired) electrons. The molecule has 1 atom stereocenters. The summed E-state index contributed by atoms with van der Waals surface area (Å²) in [5.74, 6) is 0. The van der Waals surface area contributed by atoms with Gasteiger partial charge in [-0.25, -0.2) is 0 Å². The van der Waals surface area contributed by atoms with Crippen molar-refractivity contribution < 1.29 is 9.84 Å². The lowest BCUT2D eigenvalue weighted by Crippen LogP contribution is -2.45. The molecule has 1 unspecified atom stereocenters. The molecule has 1 N–H and O–H groups in total. The fourth-order valence-electron chi connectivity index (χ4n) is 2.47. The van der Waals surface area contributed by atoms with Gasteiger partial charge < -0.3 is 9.84 Å². The molecule has 0 saturated heterocycles. The number of hydrogen-bond donors (Lipinski definition) is 1. The minimum atomic E-state index is -0.334. The fraction of sp³-hybridized carbons (Fsp3) is 0.846. The lowest BCUT2D eigenvalue weighted by atomic mass is 9.79. The van der Waals surface area contributed by atoms with Gasteiger partial charge in [-0.05, 0) is 32.6 Å². The third kappa shape index (κ3) is 3.32. The molecule has 0 amide bonds. The Balaban J connectivity index is 2.51. The molecule has 0 aromatic rings. The largest absolute Gasteiger partial charge is 0.390 e. The lowest BCUT2D eigenvalue weighted by molar-refractivity contribution is -0.124. The second kappa shape index (κ2) is 5.66. The summed E-state index contributed by atoms with van der Waals surface area (Å²) in [7, 11) is 1.73. The van der Waals surface area contributed by atoms with E-state index in [4.69, 9.17) is 4.74 Å². The molecular weight excluding hydrogens is 188 g/mol. The van der Waals surface area contributed by atoms with Gasteiger partial charge in [0.05, 0.1) is 11.7 Å². The van der Waals surface area contributed by atoms with Crippen LogP contribution in [-0.2, 0) is 4.74 Å². The van der Waals surface area contributed by atoms with Gasteiger partial charge in [0, 0.05) is 7.11 Å². The summed E-state index contributed by atoms with van der Waals surface area (Å²) in [6, 6.07) is 0. The molecule has 0 spiro atoms. The molecule has 2 heteroatoms. The Morgan fingerprint density at radius 1 is 1.40 bits per heavy atom. The average Bonchev–Trinajstić information content (AvgIpc) is 2.26. The van der Waals surface area contributed by atoms with E-state index >= 15 is 0 Å². The van der Waals surface area contributed by atoms with Crippen molar-refractivity contribution in [2.75, 3.05) is 7.11 Å². The Morgan fingerprint density at radius 2 is 2.00 bits per heavy atom. The molecule has 0 heterocycles. The maximum atomic E-state index is 10.2. The molecule has 0 bridgehead atoms. The van der Waals surface area contributed by atoms with Crippen molar-refractivity contribution in [2.24, 2.45) is 0 Å². The highest BCUT2D eigenvalue weighted by molar-refractivity contribution is 4.95. The van der Waals surface area contributed by atoms with Crippen molar-refractivity contribution >= 4 is 0 Å². The van der Waals surface area contributed by atoms with Gasteiger partial charge in [0.25, 0.3) is 0 Å². The first-order valence-corrected chi connectivity index (χ1v) is 5.98. The number of aliphatic hydroxyl groups is 1. The quantitative estimate of drug-likeness (QED) is 0.710. The monoisotopic (exact) mass is 212 g/mol. The molecule has 1 aliphatic carbocycles. The van der Waals surface area contributed by atoms with Gasteiger partial charge in [0.15, 0.2) is 0 Å². The smallest absolute Gasteiger partial charge is 0.0936 e. The van der Waals surface area contributed by atoms with Crippen LogP contribution in [0.4, 0.5) is 0 Å². The van der Waals surface area contributed by atoms with E-state index in [0.717, 1.165) is 31.3 Å². The van der Waals surface area contributed by atoms with E-state index in [9.17, 15) is 5.11 Å². The van der Waals surface area contributed by atoms with Gasteiger partial charge in [-0.1, -0.05) is 24.8 Å². The Hall–Kier alpha value is -0.340. The van der Waals surface area contributed by atoms with Crippen LogP contribution < -0.4 is 0 Å². The predicted molar refractivity (Wildman–Crippen MR) is 62.9 cm³/mol. The van der Waals surface area contributed by atoms with E-state index in [1.807, 2.05) is 6.92 Å². The van der Waals surface area contributed by atoms with Gasteiger partial charge in [0.1, 0.15) is 0 Å². The zero-order valence-corrected chi connectivity index (χ0v) is 10.1. The van der Waals surface area contributed by atoms with Crippen molar-refractivity contribution in [2.45, 2.75) is 63.6 Å². The Bertz CT molecular complexity index is 205. The van der Waals surface area contributed by atoms with Crippen LogP contribution in [0.3, 0.4) is 0 Å². The van der Waals surface area contributed by atoms with Crippen LogP contribution in [0.25, 0.3) is 0 Å². The molecule has 1 saturated carbocycles. The van der Waals surface area contributed by atoms with Crippen LogP contribution in [0.15, 0.2) is 12.2 Å². The third-order valence-corrected chi connectivity index (χ3v) is 3.56. The number of ether oxygens (including phenoxy) is 1. The zero-order chi connectivity index (χ0) is 11.3. The topological polar surface area (TPSA) is 29.5 Å². The summed E-state index contributed by atoms with van der Waals surface area (Å²) < 4.78 is 5.59. The first kappa shape index (κ1) is 12.7. The first-order chi connectivity index (χ1) is 7.10. The summed E-state index contributed by atoms with van der Waals surface area (Å²) in [5.41, 5.74) is 0.865. The maximum absolute atomic E-state index is 10.2. The summed E-state index contributed by atoms with van der Waals surface area (Å²) in [4.78, 5) is 0. The van der Waals surface area contributed by atoms with Crippen molar-refractivity contribution in [1.29, 1.82) is 0 Å². The van der Waals surface area contributed by atoms with Crippen molar-refractivity contribution in [3.05, 3.63) is 12.2 Å². The first-order valence-electron chi connectivity index (χ1n) is 5.98. The van der Waals surface area contributed by atoms with E-state index < -0.39 is 0 Å². The molecule has 88 valence electrons. The average molecular weight is 212 g/mol. The summed E-state index contributed by atoms with van der Waals surface area (Å²) in [5, 5.41) is 10.2. The Morgan fingerprint density at radius 3 is 2.47 bits per heavy atom. The van der Waals surface area contributed by atoms with Crippen molar-refractivity contribution in [1.82, 2.24) is 0 Å². The van der Waals surface area contributed by atoms with Crippen LogP contribution in [-0.4, -0.2) is 23.9 Å². The minimum Gasteiger partial charge on any atom is -0.390 e. The van der Waals surface area contributed by atoms with Gasteiger partial charge >= 0.3 is 0 Å². The number of methoxy groups -OCH3 is 1. The van der Waals surface area contributed by atoms with Crippen LogP contribution in [0.2, 0.25) is 0 Å². The van der Waals surface area contributed by atoms with E-state index in [0.29, 0.717) is 0 Å². The molecular formula is C13H24O2. The molecule has 2 nitrogen and oxygen atoms in total. The maximum Gasteiger partial charge on any atom is 0.0936 e. The van der Waals surface area contributed by atoms with Gasteiger partial charge in [-0.15, -0.1) is 6.58 Å². The molecule has 1 fully saturated rings. The molecule has 0 aromatic carbocycles. The Kier molecular flexibility index (Phi) is 4.81. The zero-order valence-electron chi connectivity index (χ0n) is 10.1. The fourth-order valence-corrected chi connectivity index (χ4v) is 2.47. The van der Waals surface area contributed by atoms with Crippen molar-refractivity contribution in [3.63, 3.8) is 0 Å². The van der Waals surface area contributed by atoms with E-state index in [1.165, 1.54) is 19.3 Å². The second-order valence-electron chi connectivity index (χ2n) is 4.84. The van der Waals surface area contributed by atoms with Gasteiger partial charge in [-0.2, -0.15) is 0 Å². The van der Waals surface area contributed by atoms with Gasteiger partial charge in [-0.3, -0.25) is 0 Å². The van der Waals surface area contributed by atoms with E-state index in [1.54, 1.807) is 7.11 Å². The number of hydrogen-bond acceptors (Lipinski definition) is 2. The highest BCUT2D eigenvalue weighted by atomic mass is 16.5. The van der Waals surface area contributed by atoms with Crippen molar-refractivity contribution in [3.8, 4) is 0 Å². The summed E-state index contributed by atoms with van der Waals surface area (Å²) in [6.07, 6.45) is 6.98. The molecule has 1 aliphatic rings. The molecule has 15 heavy (non-hydrogen) atoms.